The van der Waals surface area contributed by atoms with Gasteiger partial charge in [-0.1, -0.05) is 29.5 Å². The Hall–Kier alpha value is -3.46. The topological polar surface area (TPSA) is 101 Å². The number of ether oxygens (including phenoxy) is 1. The van der Waals surface area contributed by atoms with Crippen LogP contribution in [0.15, 0.2) is 72.8 Å². The molecule has 0 fully saturated rings. The zero-order chi connectivity index (χ0) is 19.9. The van der Waals surface area contributed by atoms with Gasteiger partial charge in [0, 0.05) is 6.54 Å². The van der Waals surface area contributed by atoms with Gasteiger partial charge < -0.3 is 24.7 Å². The Morgan fingerprint density at radius 2 is 1.32 bits per heavy atom. The Morgan fingerprint density at radius 3 is 1.93 bits per heavy atom. The Kier molecular flexibility index (Phi) is 6.18. The number of hydroxylamine groups is 2. The molecule has 0 saturated heterocycles. The second kappa shape index (κ2) is 8.96. The van der Waals surface area contributed by atoms with Crippen molar-refractivity contribution in [2.45, 2.75) is 6.54 Å². The van der Waals surface area contributed by atoms with E-state index in [1.165, 1.54) is 24.3 Å². The van der Waals surface area contributed by atoms with Crippen molar-refractivity contribution < 1.29 is 24.7 Å². The maximum Gasteiger partial charge on any atom is 0.158 e. The van der Waals surface area contributed by atoms with Crippen molar-refractivity contribution in [3.8, 4) is 23.0 Å². The summed E-state index contributed by atoms with van der Waals surface area (Å²) in [6.07, 6.45) is 0. The molecule has 3 rings (SSSR count). The van der Waals surface area contributed by atoms with Gasteiger partial charge in [0.15, 0.2) is 5.75 Å². The average Bonchev–Trinajstić information content (AvgIpc) is 2.71. The SMILES string of the molecule is COc1ccc(ON([O-])Cc2ccc(N(O)Oc3ccc([O-])cc3)cc2)cc1. The highest BCUT2D eigenvalue weighted by Crippen LogP contribution is 2.21. The number of anilines is 1. The molecule has 0 saturated carbocycles. The number of methoxy groups -OCH3 is 1. The van der Waals surface area contributed by atoms with Crippen molar-refractivity contribution in [3.05, 3.63) is 83.6 Å². The zero-order valence-electron chi connectivity index (χ0n) is 15.0. The van der Waals surface area contributed by atoms with E-state index in [9.17, 15) is 15.5 Å². The lowest BCUT2D eigenvalue weighted by atomic mass is 10.2. The maximum atomic E-state index is 12.0. The van der Waals surface area contributed by atoms with E-state index in [1.807, 2.05) is 0 Å². The average molecular weight is 382 g/mol. The molecule has 1 N–H and O–H groups in total. The van der Waals surface area contributed by atoms with E-state index >= 15 is 0 Å². The van der Waals surface area contributed by atoms with E-state index in [-0.39, 0.29) is 12.3 Å². The molecule has 0 aliphatic heterocycles. The highest BCUT2D eigenvalue weighted by Gasteiger charge is 2.06. The molecule has 3 aromatic rings. The highest BCUT2D eigenvalue weighted by atomic mass is 16.9. The van der Waals surface area contributed by atoms with E-state index in [2.05, 4.69) is 0 Å². The molecule has 0 aromatic heterocycles. The summed E-state index contributed by atoms with van der Waals surface area (Å²) >= 11 is 0. The summed E-state index contributed by atoms with van der Waals surface area (Å²) in [5, 5.41) is 34.1. The monoisotopic (exact) mass is 382 g/mol. The molecule has 0 heterocycles. The van der Waals surface area contributed by atoms with Crippen LogP contribution in [0.3, 0.4) is 0 Å². The first-order valence-corrected chi connectivity index (χ1v) is 8.33. The number of hydrogen-bond acceptors (Lipinski definition) is 8. The summed E-state index contributed by atoms with van der Waals surface area (Å²) in [6, 6.07) is 18.7. The predicted molar refractivity (Wildman–Crippen MR) is 99.8 cm³/mol. The van der Waals surface area contributed by atoms with Crippen LogP contribution in [0.2, 0.25) is 0 Å². The molecule has 28 heavy (non-hydrogen) atoms. The summed E-state index contributed by atoms with van der Waals surface area (Å²) in [4.78, 5) is 10.4. The quantitative estimate of drug-likeness (QED) is 0.593. The summed E-state index contributed by atoms with van der Waals surface area (Å²) in [5.41, 5.74) is 1.03. The molecule has 8 heteroatoms. The van der Waals surface area contributed by atoms with Crippen LogP contribution in [-0.4, -0.2) is 17.5 Å². The lowest BCUT2D eigenvalue weighted by Gasteiger charge is -2.27. The summed E-state index contributed by atoms with van der Waals surface area (Å²) < 4.78 is 5.05. The fourth-order valence-electron chi connectivity index (χ4n) is 2.32. The zero-order valence-corrected chi connectivity index (χ0v) is 15.0. The van der Waals surface area contributed by atoms with Gasteiger partial charge in [0.25, 0.3) is 0 Å². The minimum absolute atomic E-state index is 0.0104. The third-order valence-electron chi connectivity index (χ3n) is 3.75. The van der Waals surface area contributed by atoms with Crippen LogP contribution in [0, 0.1) is 5.21 Å². The third-order valence-corrected chi connectivity index (χ3v) is 3.75. The molecule has 0 amide bonds. The smallest absolute Gasteiger partial charge is 0.158 e. The predicted octanol–water partition coefficient (Wildman–Crippen LogP) is 3.25. The molecule has 0 bridgehead atoms. The lowest BCUT2D eigenvalue weighted by molar-refractivity contribution is -0.268. The first-order valence-electron chi connectivity index (χ1n) is 8.33. The number of benzene rings is 3. The van der Waals surface area contributed by atoms with Gasteiger partial charge in [-0.15, -0.1) is 5.75 Å². The minimum Gasteiger partial charge on any atom is -0.872 e. The fraction of sp³-hybridized carbons (Fsp3) is 0.100. The molecule has 0 unspecified atom stereocenters. The Labute approximate surface area is 161 Å². The van der Waals surface area contributed by atoms with Gasteiger partial charge in [0.2, 0.25) is 0 Å². The van der Waals surface area contributed by atoms with Crippen molar-refractivity contribution in [2.24, 2.45) is 0 Å². The van der Waals surface area contributed by atoms with Crippen LogP contribution in [0.1, 0.15) is 5.56 Å². The normalized spacial score (nSPS) is 10.6. The van der Waals surface area contributed by atoms with E-state index < -0.39 is 0 Å². The largest absolute Gasteiger partial charge is 0.872 e. The Bertz CT molecular complexity index is 869. The molecule has 0 aliphatic rings. The molecular formula is C20H18N2O6-2. The number of nitrogens with zero attached hydrogens (tertiary/aromatic N) is 2. The molecule has 0 aliphatic carbocycles. The Balaban J connectivity index is 1.54. The second-order valence-electron chi connectivity index (χ2n) is 5.76. The first kappa shape index (κ1) is 19.3. The fourth-order valence-corrected chi connectivity index (χ4v) is 2.32. The van der Waals surface area contributed by atoms with Gasteiger partial charge in [0.05, 0.1) is 7.11 Å². The van der Waals surface area contributed by atoms with E-state index in [0.29, 0.717) is 39.0 Å². The molecule has 0 spiro atoms. The molecule has 3 aromatic carbocycles. The van der Waals surface area contributed by atoms with Crippen molar-refractivity contribution in [3.63, 3.8) is 0 Å². The van der Waals surface area contributed by atoms with Crippen molar-refractivity contribution >= 4 is 5.69 Å². The van der Waals surface area contributed by atoms with Crippen LogP contribution < -0.4 is 24.7 Å². The first-order chi connectivity index (χ1) is 13.5. The van der Waals surface area contributed by atoms with Gasteiger partial charge in [-0.05, 0) is 54.1 Å². The standard InChI is InChI=1S/C20H19N2O6/c1-26-18-10-12-19(13-11-18)27-21(24)14-15-2-4-16(5-3-15)22(25)28-20-8-6-17(23)7-9-20/h2-13,23,25H,14H2,1H3/q-1/p-1. The third kappa shape index (κ3) is 5.27. The molecule has 0 radical (unpaired) electrons. The van der Waals surface area contributed by atoms with Crippen molar-refractivity contribution in [2.75, 3.05) is 12.3 Å². The Morgan fingerprint density at radius 1 is 0.786 bits per heavy atom. The van der Waals surface area contributed by atoms with E-state index in [0.717, 1.165) is 0 Å². The van der Waals surface area contributed by atoms with Gasteiger partial charge >= 0.3 is 0 Å². The summed E-state index contributed by atoms with van der Waals surface area (Å²) in [7, 11) is 1.56. The molecule has 0 atom stereocenters. The molecule has 146 valence electrons. The van der Waals surface area contributed by atoms with Crippen LogP contribution in [0.4, 0.5) is 5.69 Å². The van der Waals surface area contributed by atoms with Crippen LogP contribution >= 0.6 is 0 Å². The highest BCUT2D eigenvalue weighted by molar-refractivity contribution is 5.44. The minimum atomic E-state index is -0.153. The van der Waals surface area contributed by atoms with Crippen LogP contribution in [0.5, 0.6) is 23.0 Å². The van der Waals surface area contributed by atoms with E-state index in [4.69, 9.17) is 14.4 Å². The number of rotatable bonds is 8. The van der Waals surface area contributed by atoms with E-state index in [1.54, 1.807) is 55.6 Å². The van der Waals surface area contributed by atoms with Gasteiger partial charge in [-0.25, -0.2) is 5.23 Å². The van der Waals surface area contributed by atoms with Gasteiger partial charge in [0.1, 0.15) is 17.2 Å². The van der Waals surface area contributed by atoms with Crippen molar-refractivity contribution in [1.82, 2.24) is 5.23 Å². The van der Waals surface area contributed by atoms with Gasteiger partial charge in [-0.2, -0.15) is 0 Å². The van der Waals surface area contributed by atoms with Crippen LogP contribution in [-0.2, 0) is 6.54 Å². The maximum absolute atomic E-state index is 12.0. The van der Waals surface area contributed by atoms with Crippen LogP contribution in [0.25, 0.3) is 0 Å². The number of hydrogen-bond donors (Lipinski definition) is 1. The van der Waals surface area contributed by atoms with Crippen molar-refractivity contribution in [1.29, 1.82) is 0 Å². The molecular weight excluding hydrogens is 364 g/mol. The lowest BCUT2D eigenvalue weighted by Crippen LogP contribution is -2.23. The van der Waals surface area contributed by atoms with Gasteiger partial charge in [-0.3, -0.25) is 5.21 Å². The summed E-state index contributed by atoms with van der Waals surface area (Å²) in [6.45, 7) is -0.0104. The second-order valence-corrected chi connectivity index (χ2v) is 5.76. The molecule has 8 nitrogen and oxygen atoms in total. The summed E-state index contributed by atoms with van der Waals surface area (Å²) in [5.74, 6) is 1.22.